The molecule has 0 aliphatic heterocycles. The van der Waals surface area contributed by atoms with Crippen molar-refractivity contribution in [2.24, 2.45) is 0 Å². The third-order valence-electron chi connectivity index (χ3n) is 2.30. The van der Waals surface area contributed by atoms with Crippen LogP contribution in [-0.2, 0) is 10.0 Å². The van der Waals surface area contributed by atoms with Crippen molar-refractivity contribution >= 4 is 27.3 Å². The number of hydrogen-bond acceptors (Lipinski definition) is 5. The maximum atomic E-state index is 11.8. The van der Waals surface area contributed by atoms with Crippen LogP contribution in [0.1, 0.15) is 43.1 Å². The topological polar surface area (TPSA) is 96.4 Å². The van der Waals surface area contributed by atoms with Gasteiger partial charge in [-0.2, -0.15) is 0 Å². The molecule has 2 N–H and O–H groups in total. The summed E-state index contributed by atoms with van der Waals surface area (Å²) in [5.41, 5.74) is 0.802. The quantitative estimate of drug-likeness (QED) is 0.711. The predicted molar refractivity (Wildman–Crippen MR) is 68.4 cm³/mol. The van der Waals surface area contributed by atoms with Crippen LogP contribution in [-0.4, -0.2) is 31.0 Å². The number of aromatic nitrogens is 1. The maximum Gasteiger partial charge on any atom is 0.356 e. The fourth-order valence-corrected chi connectivity index (χ4v) is 3.65. The summed E-state index contributed by atoms with van der Waals surface area (Å²) in [6, 6.07) is 0. The molecule has 1 rings (SSSR count). The van der Waals surface area contributed by atoms with Crippen molar-refractivity contribution in [3.05, 3.63) is 11.2 Å². The minimum absolute atomic E-state index is 0.231. The molecule has 0 amide bonds. The number of sulfonamides is 1. The van der Waals surface area contributed by atoms with Gasteiger partial charge in [-0.3, -0.25) is 0 Å². The second-order valence-electron chi connectivity index (χ2n) is 3.75. The smallest absolute Gasteiger partial charge is 0.356 e. The molecule has 0 spiro atoms. The Labute approximate surface area is 110 Å². The Morgan fingerprint density at radius 1 is 1.44 bits per heavy atom. The molecule has 8 heteroatoms. The molecule has 0 atom stereocenters. The normalized spacial score (nSPS) is 11.6. The van der Waals surface area contributed by atoms with Gasteiger partial charge in [0.2, 0.25) is 0 Å². The minimum atomic E-state index is -3.75. The van der Waals surface area contributed by atoms with E-state index >= 15 is 0 Å². The molecule has 6 nitrogen and oxygen atoms in total. The van der Waals surface area contributed by atoms with Gasteiger partial charge in [-0.15, -0.1) is 11.3 Å². The van der Waals surface area contributed by atoms with Gasteiger partial charge in [0.05, 0.1) is 5.51 Å². The summed E-state index contributed by atoms with van der Waals surface area (Å²) in [6.07, 6.45) is 3.83. The lowest BCUT2D eigenvalue weighted by Crippen LogP contribution is -2.25. The van der Waals surface area contributed by atoms with Crippen LogP contribution in [0.15, 0.2) is 9.72 Å². The van der Waals surface area contributed by atoms with Gasteiger partial charge in [0.15, 0.2) is 9.90 Å². The lowest BCUT2D eigenvalue weighted by Gasteiger charge is -2.04. The van der Waals surface area contributed by atoms with Crippen LogP contribution in [0.2, 0.25) is 0 Å². The summed E-state index contributed by atoms with van der Waals surface area (Å²) < 4.78 is 25.9. The van der Waals surface area contributed by atoms with E-state index in [2.05, 4.69) is 16.6 Å². The van der Waals surface area contributed by atoms with Crippen LogP contribution in [0.5, 0.6) is 0 Å². The first kappa shape index (κ1) is 15.1. The number of carboxylic acids is 1. The summed E-state index contributed by atoms with van der Waals surface area (Å²) in [7, 11) is -3.75. The standard InChI is InChI=1S/C10H16N2O4S2/c1-2-3-4-5-6-12-18(15,16)10-8(9(13)14)11-7-17-10/h7,12H,2-6H2,1H3,(H,13,14). The van der Waals surface area contributed by atoms with E-state index in [-0.39, 0.29) is 4.21 Å². The number of unbranched alkanes of at least 4 members (excludes halogenated alkanes) is 3. The summed E-state index contributed by atoms with van der Waals surface area (Å²) in [6.45, 7) is 2.39. The van der Waals surface area contributed by atoms with E-state index in [0.29, 0.717) is 6.54 Å². The van der Waals surface area contributed by atoms with E-state index in [1.807, 2.05) is 0 Å². The monoisotopic (exact) mass is 292 g/mol. The van der Waals surface area contributed by atoms with Crippen molar-refractivity contribution in [3.8, 4) is 0 Å². The van der Waals surface area contributed by atoms with Gasteiger partial charge in [0.1, 0.15) is 0 Å². The molecule has 1 aromatic heterocycles. The van der Waals surface area contributed by atoms with Gasteiger partial charge >= 0.3 is 5.97 Å². The summed E-state index contributed by atoms with van der Waals surface area (Å²) >= 11 is 0.811. The molecule has 0 bridgehead atoms. The van der Waals surface area contributed by atoms with Gasteiger partial charge in [0, 0.05) is 6.54 Å². The van der Waals surface area contributed by atoms with Gasteiger partial charge in [0.25, 0.3) is 10.0 Å². The van der Waals surface area contributed by atoms with E-state index < -0.39 is 21.7 Å². The highest BCUT2D eigenvalue weighted by Gasteiger charge is 2.24. The second kappa shape index (κ2) is 6.81. The Hall–Kier alpha value is -0.990. The van der Waals surface area contributed by atoms with E-state index in [0.717, 1.165) is 37.0 Å². The van der Waals surface area contributed by atoms with Gasteiger partial charge in [-0.25, -0.2) is 22.9 Å². The minimum Gasteiger partial charge on any atom is -0.476 e. The van der Waals surface area contributed by atoms with Crippen molar-refractivity contribution in [1.82, 2.24) is 9.71 Å². The molecular formula is C10H16N2O4S2. The van der Waals surface area contributed by atoms with E-state index in [1.165, 1.54) is 5.51 Å². The fourth-order valence-electron chi connectivity index (χ4n) is 1.39. The molecule has 102 valence electrons. The number of hydrogen-bond donors (Lipinski definition) is 2. The number of aromatic carboxylic acids is 1. The van der Waals surface area contributed by atoms with Gasteiger partial charge in [-0.1, -0.05) is 26.2 Å². The van der Waals surface area contributed by atoms with Crippen LogP contribution in [0.3, 0.4) is 0 Å². The lowest BCUT2D eigenvalue weighted by atomic mass is 10.2. The highest BCUT2D eigenvalue weighted by molar-refractivity contribution is 7.91. The largest absolute Gasteiger partial charge is 0.476 e. The number of thiazole rings is 1. The van der Waals surface area contributed by atoms with E-state index in [9.17, 15) is 13.2 Å². The molecule has 0 unspecified atom stereocenters. The van der Waals surface area contributed by atoms with Gasteiger partial charge < -0.3 is 5.11 Å². The average Bonchev–Trinajstić information content (AvgIpc) is 2.78. The third kappa shape index (κ3) is 4.04. The zero-order chi connectivity index (χ0) is 13.6. The van der Waals surface area contributed by atoms with Crippen molar-refractivity contribution < 1.29 is 18.3 Å². The average molecular weight is 292 g/mol. The molecular weight excluding hydrogens is 276 g/mol. The zero-order valence-corrected chi connectivity index (χ0v) is 11.7. The molecule has 0 radical (unpaired) electrons. The van der Waals surface area contributed by atoms with Crippen molar-refractivity contribution in [2.45, 2.75) is 36.8 Å². The predicted octanol–water partition coefficient (Wildman–Crippen LogP) is 1.70. The molecule has 0 fully saturated rings. The Morgan fingerprint density at radius 2 is 2.17 bits per heavy atom. The molecule has 1 aromatic rings. The van der Waals surface area contributed by atoms with Crippen LogP contribution >= 0.6 is 11.3 Å². The maximum absolute atomic E-state index is 11.8. The molecule has 0 aliphatic rings. The third-order valence-corrected chi connectivity index (χ3v) is 5.13. The number of carbonyl (C=O) groups is 1. The van der Waals surface area contributed by atoms with Crippen LogP contribution in [0, 0.1) is 0 Å². The van der Waals surface area contributed by atoms with Crippen LogP contribution in [0.25, 0.3) is 0 Å². The lowest BCUT2D eigenvalue weighted by molar-refractivity contribution is 0.0687. The fraction of sp³-hybridized carbons (Fsp3) is 0.600. The zero-order valence-electron chi connectivity index (χ0n) is 10.0. The Balaban J connectivity index is 2.63. The first-order valence-electron chi connectivity index (χ1n) is 5.65. The Bertz CT molecular complexity index is 496. The first-order valence-corrected chi connectivity index (χ1v) is 8.01. The highest BCUT2D eigenvalue weighted by atomic mass is 32.2. The van der Waals surface area contributed by atoms with E-state index in [4.69, 9.17) is 5.11 Å². The van der Waals surface area contributed by atoms with E-state index in [1.54, 1.807) is 0 Å². The molecule has 0 aliphatic carbocycles. The molecule has 0 aromatic carbocycles. The Kier molecular flexibility index (Phi) is 5.70. The molecule has 18 heavy (non-hydrogen) atoms. The number of carboxylic acid groups (broad SMARTS) is 1. The summed E-state index contributed by atoms with van der Waals surface area (Å²) in [4.78, 5) is 14.3. The summed E-state index contributed by atoms with van der Waals surface area (Å²) in [5, 5.41) is 8.81. The van der Waals surface area contributed by atoms with Crippen LogP contribution < -0.4 is 4.72 Å². The van der Waals surface area contributed by atoms with Crippen molar-refractivity contribution in [3.63, 3.8) is 0 Å². The SMILES string of the molecule is CCCCCCNS(=O)(=O)c1scnc1C(=O)O. The second-order valence-corrected chi connectivity index (χ2v) is 6.57. The number of rotatable bonds is 8. The molecule has 1 heterocycles. The number of nitrogens with one attached hydrogen (secondary N) is 1. The first-order chi connectivity index (χ1) is 8.49. The number of nitrogens with zero attached hydrogens (tertiary/aromatic N) is 1. The van der Waals surface area contributed by atoms with Gasteiger partial charge in [-0.05, 0) is 6.42 Å². The van der Waals surface area contributed by atoms with Crippen molar-refractivity contribution in [2.75, 3.05) is 6.54 Å². The molecule has 0 saturated carbocycles. The highest BCUT2D eigenvalue weighted by Crippen LogP contribution is 2.19. The molecule has 0 saturated heterocycles. The van der Waals surface area contributed by atoms with Crippen LogP contribution in [0.4, 0.5) is 0 Å². The van der Waals surface area contributed by atoms with Crippen molar-refractivity contribution in [1.29, 1.82) is 0 Å². The Morgan fingerprint density at radius 3 is 2.78 bits per heavy atom. The summed E-state index contributed by atoms with van der Waals surface area (Å²) in [5.74, 6) is -1.33.